The van der Waals surface area contributed by atoms with Gasteiger partial charge >= 0.3 is 0 Å². The maximum absolute atomic E-state index is 10.9. The van der Waals surface area contributed by atoms with Crippen LogP contribution in [0.4, 0.5) is 0 Å². The predicted octanol–water partition coefficient (Wildman–Crippen LogP) is 25.2. The molecule has 2 N–H and O–H groups in total. The molecule has 0 bridgehead atoms. The molecular formula is C94H99N4O2Pt-. The first-order valence-corrected chi connectivity index (χ1v) is 35.2. The van der Waals surface area contributed by atoms with Crippen molar-refractivity contribution < 1.29 is 31.3 Å². The summed E-state index contributed by atoms with van der Waals surface area (Å²) in [5.41, 5.74) is 29.5. The molecule has 12 rings (SSSR count). The number of hydrogen-bond acceptors (Lipinski definition) is 6. The smallest absolute Gasteiger partial charge is 0.124 e. The van der Waals surface area contributed by atoms with Crippen molar-refractivity contribution in [2.24, 2.45) is 0 Å². The Morgan fingerprint density at radius 2 is 0.594 bits per heavy atom. The Morgan fingerprint density at radius 1 is 0.257 bits per heavy atom. The number of phenolic OH excluding ortho intramolecular Hbond substituents is 2. The summed E-state index contributed by atoms with van der Waals surface area (Å²) >= 11 is 0. The van der Waals surface area contributed by atoms with Crippen LogP contribution in [0.25, 0.3) is 112 Å². The quantitative estimate of drug-likeness (QED) is 0.133. The van der Waals surface area contributed by atoms with Gasteiger partial charge in [-0.2, -0.15) is 0 Å². The Bertz CT molecular complexity index is 4630. The fourth-order valence-corrected chi connectivity index (χ4v) is 12.7. The van der Waals surface area contributed by atoms with Crippen molar-refractivity contribution in [3.05, 3.63) is 275 Å². The van der Waals surface area contributed by atoms with Crippen molar-refractivity contribution in [3.8, 4) is 124 Å². The molecule has 0 atom stereocenters. The number of hydrogen-bond donors (Lipinski definition) is 2. The van der Waals surface area contributed by atoms with Crippen LogP contribution in [0.1, 0.15) is 169 Å². The van der Waals surface area contributed by atoms with Gasteiger partial charge in [-0.1, -0.05) is 263 Å². The third-order valence-electron chi connectivity index (χ3n) is 19.1. The second-order valence-corrected chi connectivity index (χ2v) is 33.4. The van der Waals surface area contributed by atoms with Gasteiger partial charge in [0.2, 0.25) is 0 Å². The van der Waals surface area contributed by atoms with Gasteiger partial charge in [0.05, 0.1) is 22.8 Å². The molecule has 0 unspecified atom stereocenters. The van der Waals surface area contributed by atoms with Gasteiger partial charge in [0, 0.05) is 67.1 Å². The standard InChI is InChI=1S/C47H50N2O.C47H49N2O.Pt/c2*1-30-22-36(45(2,3)4)18-19-39(30)31-20-21-48-41(26-31)32-14-13-15-33(23-32)42-27-35(28-43(49-42)40-16-11-12-17-44(40)50)34-24-37(46(5,6)7)29-38(25-34)47(8,9)10;/h11-29,50H,1-10H3;11-22,24-29,50H,1-10H3;/q;-1;. The molecular weight excluding hydrogens is 1410 g/mol. The molecule has 518 valence electrons. The molecule has 0 saturated carbocycles. The summed E-state index contributed by atoms with van der Waals surface area (Å²) in [5.74, 6) is 0.411. The molecule has 0 fully saturated rings. The third-order valence-corrected chi connectivity index (χ3v) is 19.1. The zero-order valence-electron chi connectivity index (χ0n) is 62.9. The van der Waals surface area contributed by atoms with Crippen LogP contribution < -0.4 is 0 Å². The topological polar surface area (TPSA) is 92.0 Å². The van der Waals surface area contributed by atoms with Crippen molar-refractivity contribution in [1.82, 2.24) is 19.9 Å². The van der Waals surface area contributed by atoms with E-state index in [2.05, 4.69) is 302 Å². The summed E-state index contributed by atoms with van der Waals surface area (Å²) in [7, 11) is 0. The summed E-state index contributed by atoms with van der Waals surface area (Å²) in [4.78, 5) is 19.9. The van der Waals surface area contributed by atoms with Gasteiger partial charge in [-0.05, 0) is 202 Å². The van der Waals surface area contributed by atoms with Gasteiger partial charge in [-0.25, -0.2) is 4.98 Å². The van der Waals surface area contributed by atoms with Crippen LogP contribution in [-0.4, -0.2) is 30.1 Å². The average Bonchev–Trinajstić information content (AvgIpc) is 0.781. The van der Waals surface area contributed by atoms with E-state index in [1.165, 1.54) is 55.6 Å². The fourth-order valence-electron chi connectivity index (χ4n) is 12.7. The van der Waals surface area contributed by atoms with Crippen molar-refractivity contribution >= 4 is 0 Å². The van der Waals surface area contributed by atoms with Gasteiger partial charge in [-0.3, -0.25) is 15.0 Å². The molecule has 4 aromatic heterocycles. The third kappa shape index (κ3) is 17.3. The van der Waals surface area contributed by atoms with Crippen molar-refractivity contribution in [3.63, 3.8) is 0 Å². The average molecular weight is 1510 g/mol. The number of phenols is 2. The minimum Gasteiger partial charge on any atom is -0.507 e. The molecule has 0 aliphatic rings. The molecule has 8 aromatic carbocycles. The number of rotatable bonds is 10. The maximum atomic E-state index is 10.9. The molecule has 101 heavy (non-hydrogen) atoms. The molecule has 0 radical (unpaired) electrons. The first-order valence-electron chi connectivity index (χ1n) is 35.2. The zero-order chi connectivity index (χ0) is 72.0. The van der Waals surface area contributed by atoms with Crippen molar-refractivity contribution in [1.29, 1.82) is 0 Å². The Balaban J connectivity index is 0.000000216. The second kappa shape index (κ2) is 28.9. The number of aryl methyl sites for hydroxylation is 2. The number of aromatic nitrogens is 4. The van der Waals surface area contributed by atoms with Gasteiger partial charge in [-0.15, -0.1) is 24.3 Å². The summed E-state index contributed by atoms with van der Waals surface area (Å²) in [6.45, 7) is 45.0. The van der Waals surface area contributed by atoms with Crippen LogP contribution in [0.5, 0.6) is 11.5 Å². The zero-order valence-corrected chi connectivity index (χ0v) is 65.1. The molecule has 0 aliphatic carbocycles. The number of pyridine rings is 4. The largest absolute Gasteiger partial charge is 0.507 e. The maximum Gasteiger partial charge on any atom is 0.124 e. The van der Waals surface area contributed by atoms with Gasteiger partial charge < -0.3 is 10.2 Å². The summed E-state index contributed by atoms with van der Waals surface area (Å²) < 4.78 is 0. The Morgan fingerprint density at radius 3 is 1.01 bits per heavy atom. The molecule has 12 aromatic rings. The van der Waals surface area contributed by atoms with Crippen LogP contribution in [-0.2, 0) is 53.6 Å². The predicted molar refractivity (Wildman–Crippen MR) is 422 cm³/mol. The molecule has 7 heteroatoms. The molecule has 0 saturated heterocycles. The van der Waals surface area contributed by atoms with E-state index in [9.17, 15) is 10.2 Å². The van der Waals surface area contributed by atoms with Crippen LogP contribution in [0.15, 0.2) is 225 Å². The Kier molecular flexibility index (Phi) is 21.3. The summed E-state index contributed by atoms with van der Waals surface area (Å²) in [6, 6.07) is 77.6. The Labute approximate surface area is 616 Å². The van der Waals surface area contributed by atoms with Crippen LogP contribution in [0.2, 0.25) is 0 Å². The number of para-hydroxylation sites is 2. The van der Waals surface area contributed by atoms with E-state index in [0.717, 1.165) is 84.1 Å². The Hall–Kier alpha value is -9.35. The van der Waals surface area contributed by atoms with E-state index in [4.69, 9.17) is 19.9 Å². The molecule has 0 aliphatic heterocycles. The van der Waals surface area contributed by atoms with Gasteiger partial charge in [0.1, 0.15) is 11.5 Å². The fraction of sp³-hybridized carbons (Fsp3) is 0.277. The molecule has 0 amide bonds. The first kappa shape index (κ1) is 74.3. The van der Waals surface area contributed by atoms with Crippen LogP contribution in [0, 0.1) is 19.9 Å². The van der Waals surface area contributed by atoms with Crippen molar-refractivity contribution in [2.45, 2.75) is 171 Å². The minimum atomic E-state index is -0.0246. The van der Waals surface area contributed by atoms with E-state index >= 15 is 0 Å². The van der Waals surface area contributed by atoms with Gasteiger partial charge in [0.15, 0.2) is 0 Å². The normalized spacial score (nSPS) is 12.2. The van der Waals surface area contributed by atoms with Crippen molar-refractivity contribution in [2.75, 3.05) is 0 Å². The number of nitrogens with zero attached hydrogens (tertiary/aromatic N) is 4. The van der Waals surface area contributed by atoms with Crippen LogP contribution in [0.3, 0.4) is 0 Å². The number of benzene rings is 8. The monoisotopic (exact) mass is 1510 g/mol. The van der Waals surface area contributed by atoms with E-state index < -0.39 is 0 Å². The van der Waals surface area contributed by atoms with Gasteiger partial charge in [0.25, 0.3) is 0 Å². The molecule has 4 heterocycles. The van der Waals surface area contributed by atoms with Crippen LogP contribution >= 0.6 is 0 Å². The number of aromatic hydroxyl groups is 2. The summed E-state index contributed by atoms with van der Waals surface area (Å²) in [5, 5.41) is 21.8. The molecule has 6 nitrogen and oxygen atoms in total. The second-order valence-electron chi connectivity index (χ2n) is 33.4. The van der Waals surface area contributed by atoms with E-state index in [-0.39, 0.29) is 65.1 Å². The first-order chi connectivity index (χ1) is 46.9. The van der Waals surface area contributed by atoms with E-state index in [1.54, 1.807) is 12.1 Å². The van der Waals surface area contributed by atoms with E-state index in [1.807, 2.05) is 54.9 Å². The van der Waals surface area contributed by atoms with E-state index in [0.29, 0.717) is 16.8 Å². The molecule has 0 spiro atoms. The SMILES string of the molecule is Cc1cc(C(C)(C)C)ccc1-c1ccnc(-c2[c-]c(-c3cc(-c4cc(C(C)(C)C)cc(C(C)(C)C)c4)cc(-c4ccccc4O)n3)ccc2)c1.Cc1cc(C(C)(C)C)ccc1-c1ccnc(-c2cccc(-c3cc(-c4cc(C(C)(C)C)cc(C(C)(C)C)c4)cc(-c4ccccc4O)n3)c2)c1.[Pt]. The minimum absolute atomic E-state index is 0. The summed E-state index contributed by atoms with van der Waals surface area (Å²) in [6.07, 6.45) is 3.78.